The molecule has 0 unspecified atom stereocenters. The number of halogens is 1. The second-order valence-corrected chi connectivity index (χ2v) is 7.17. The minimum Gasteiger partial charge on any atom is -0.487 e. The van der Waals surface area contributed by atoms with E-state index in [2.05, 4.69) is 15.5 Å². The number of carbonyl (C=O) groups excluding carboxylic acids is 1. The van der Waals surface area contributed by atoms with Crippen molar-refractivity contribution in [1.29, 1.82) is 0 Å². The summed E-state index contributed by atoms with van der Waals surface area (Å²) >= 11 is 7.48. The van der Waals surface area contributed by atoms with E-state index < -0.39 is 5.97 Å². The Hall–Kier alpha value is -2.90. The molecule has 0 amide bonds. The van der Waals surface area contributed by atoms with E-state index >= 15 is 0 Å². The van der Waals surface area contributed by atoms with Crippen molar-refractivity contribution < 1.29 is 14.3 Å². The molecule has 2 aromatic carbocycles. The number of nitrogens with one attached hydrogen (secondary N) is 1. The van der Waals surface area contributed by atoms with Crippen molar-refractivity contribution in [3.63, 3.8) is 0 Å². The van der Waals surface area contributed by atoms with Crippen molar-refractivity contribution in [2.45, 2.75) is 13.5 Å². The summed E-state index contributed by atoms with van der Waals surface area (Å²) in [4.78, 5) is 16.3. The molecule has 0 aliphatic heterocycles. The molecule has 1 aromatic heterocycles. The van der Waals surface area contributed by atoms with Gasteiger partial charge < -0.3 is 9.47 Å². The van der Waals surface area contributed by atoms with Gasteiger partial charge in [-0.15, -0.1) is 0 Å². The number of esters is 1. The highest BCUT2D eigenvalue weighted by Crippen LogP contribution is 2.26. The Morgan fingerprint density at radius 2 is 2.07 bits per heavy atom. The van der Waals surface area contributed by atoms with Crippen molar-refractivity contribution in [3.8, 4) is 5.75 Å². The van der Waals surface area contributed by atoms with Gasteiger partial charge in [-0.3, -0.25) is 5.43 Å². The Morgan fingerprint density at radius 1 is 1.29 bits per heavy atom. The van der Waals surface area contributed by atoms with Crippen LogP contribution >= 0.6 is 22.9 Å². The van der Waals surface area contributed by atoms with Gasteiger partial charge in [0.2, 0.25) is 5.13 Å². The first-order chi connectivity index (χ1) is 13.6. The first kappa shape index (κ1) is 19.9. The van der Waals surface area contributed by atoms with Crippen LogP contribution in [0.15, 0.2) is 53.6 Å². The SMILES string of the molecule is COC(=O)c1sc(N/N=C\c2ccc(OCc3ccccc3)c(Cl)c2)nc1C. The van der Waals surface area contributed by atoms with Gasteiger partial charge in [-0.1, -0.05) is 53.3 Å². The van der Waals surface area contributed by atoms with Gasteiger partial charge in [0.1, 0.15) is 17.2 Å². The number of ether oxygens (including phenoxy) is 2. The van der Waals surface area contributed by atoms with Gasteiger partial charge in [0.15, 0.2) is 0 Å². The van der Waals surface area contributed by atoms with E-state index in [0.29, 0.717) is 33.1 Å². The first-order valence-electron chi connectivity index (χ1n) is 8.38. The molecule has 3 rings (SSSR count). The number of thiazole rings is 1. The molecule has 1 heterocycles. The van der Waals surface area contributed by atoms with Gasteiger partial charge in [-0.05, 0) is 36.2 Å². The summed E-state index contributed by atoms with van der Waals surface area (Å²) in [5, 5.41) is 5.14. The maximum absolute atomic E-state index is 11.6. The van der Waals surface area contributed by atoms with Crippen LogP contribution in [0.2, 0.25) is 5.02 Å². The number of carbonyl (C=O) groups is 1. The van der Waals surface area contributed by atoms with Crippen molar-refractivity contribution in [2.24, 2.45) is 5.10 Å². The summed E-state index contributed by atoms with van der Waals surface area (Å²) in [5.74, 6) is 0.193. The molecule has 0 saturated heterocycles. The Morgan fingerprint density at radius 3 is 2.79 bits per heavy atom. The van der Waals surface area contributed by atoms with Crippen molar-refractivity contribution in [2.75, 3.05) is 12.5 Å². The minimum absolute atomic E-state index is 0.412. The standard InChI is InChI=1S/C20H18ClN3O3S/c1-13-18(19(25)26-2)28-20(23-13)24-22-11-15-8-9-17(16(21)10-15)27-12-14-6-4-3-5-7-14/h3-11H,12H2,1-2H3,(H,23,24)/b22-11-. The summed E-state index contributed by atoms with van der Waals surface area (Å²) < 4.78 is 10.5. The van der Waals surface area contributed by atoms with Gasteiger partial charge in [0.25, 0.3) is 0 Å². The number of hydrogen-bond donors (Lipinski definition) is 1. The van der Waals surface area contributed by atoms with E-state index in [0.717, 1.165) is 11.1 Å². The molecule has 3 aromatic rings. The van der Waals surface area contributed by atoms with Crippen LogP contribution in [0.3, 0.4) is 0 Å². The maximum atomic E-state index is 11.6. The predicted octanol–water partition coefficient (Wildman–Crippen LogP) is 4.92. The molecule has 144 valence electrons. The fourth-order valence-electron chi connectivity index (χ4n) is 2.34. The third-order valence-electron chi connectivity index (χ3n) is 3.73. The topological polar surface area (TPSA) is 72.8 Å². The fourth-order valence-corrected chi connectivity index (χ4v) is 3.42. The molecule has 6 nitrogen and oxygen atoms in total. The van der Waals surface area contributed by atoms with Crippen molar-refractivity contribution in [1.82, 2.24) is 4.98 Å². The number of benzene rings is 2. The number of anilines is 1. The van der Waals surface area contributed by atoms with E-state index in [1.165, 1.54) is 18.4 Å². The highest BCUT2D eigenvalue weighted by molar-refractivity contribution is 7.17. The normalized spacial score (nSPS) is 10.8. The lowest BCUT2D eigenvalue weighted by molar-refractivity contribution is 0.0605. The Balaban J connectivity index is 1.60. The second-order valence-electron chi connectivity index (χ2n) is 5.76. The van der Waals surface area contributed by atoms with Crippen LogP contribution in [0.1, 0.15) is 26.5 Å². The van der Waals surface area contributed by atoms with Crippen LogP contribution in [0.25, 0.3) is 0 Å². The monoisotopic (exact) mass is 415 g/mol. The van der Waals surface area contributed by atoms with Crippen molar-refractivity contribution in [3.05, 3.63) is 75.3 Å². The Bertz CT molecular complexity index is 990. The second kappa shape index (κ2) is 9.34. The minimum atomic E-state index is -0.412. The molecule has 0 aliphatic rings. The van der Waals surface area contributed by atoms with Crippen molar-refractivity contribution >= 4 is 40.3 Å². The molecule has 0 bridgehead atoms. The van der Waals surface area contributed by atoms with Gasteiger partial charge in [-0.25, -0.2) is 9.78 Å². The molecule has 0 saturated carbocycles. The smallest absolute Gasteiger partial charge is 0.350 e. The van der Waals surface area contributed by atoms with Crippen LogP contribution < -0.4 is 10.2 Å². The zero-order valence-electron chi connectivity index (χ0n) is 15.3. The molecule has 28 heavy (non-hydrogen) atoms. The van der Waals surface area contributed by atoms with Gasteiger partial charge >= 0.3 is 5.97 Å². The number of aryl methyl sites for hydroxylation is 1. The Labute approximate surface area is 171 Å². The summed E-state index contributed by atoms with van der Waals surface area (Å²) in [6.07, 6.45) is 1.61. The molecule has 0 atom stereocenters. The summed E-state index contributed by atoms with van der Waals surface area (Å²) in [6.45, 7) is 2.19. The zero-order chi connectivity index (χ0) is 19.9. The molecule has 1 N–H and O–H groups in total. The molecule has 0 radical (unpaired) electrons. The summed E-state index contributed by atoms with van der Waals surface area (Å²) in [5.41, 5.74) is 5.27. The summed E-state index contributed by atoms with van der Waals surface area (Å²) in [6, 6.07) is 15.3. The van der Waals surface area contributed by atoms with Crippen LogP contribution in [0, 0.1) is 6.92 Å². The Kier molecular flexibility index (Phi) is 6.62. The van der Waals surface area contributed by atoms with Crippen LogP contribution in [-0.4, -0.2) is 24.3 Å². The molecule has 0 spiro atoms. The van der Waals surface area contributed by atoms with Crippen LogP contribution in [0.5, 0.6) is 5.75 Å². The molecular weight excluding hydrogens is 398 g/mol. The first-order valence-corrected chi connectivity index (χ1v) is 9.57. The van der Waals surface area contributed by atoms with E-state index in [9.17, 15) is 4.79 Å². The number of rotatable bonds is 7. The number of hydrazone groups is 1. The van der Waals surface area contributed by atoms with Gasteiger partial charge in [0, 0.05) is 0 Å². The maximum Gasteiger partial charge on any atom is 0.350 e. The molecular formula is C20H18ClN3O3S. The lowest BCUT2D eigenvalue weighted by Gasteiger charge is -2.08. The van der Waals surface area contributed by atoms with E-state index in [1.54, 1.807) is 25.3 Å². The average molecular weight is 416 g/mol. The average Bonchev–Trinajstić information content (AvgIpc) is 3.08. The highest BCUT2D eigenvalue weighted by atomic mass is 35.5. The van der Waals surface area contributed by atoms with Gasteiger partial charge in [0.05, 0.1) is 24.0 Å². The predicted molar refractivity (Wildman–Crippen MR) is 112 cm³/mol. The van der Waals surface area contributed by atoms with Crippen LogP contribution in [0.4, 0.5) is 5.13 Å². The number of nitrogens with zero attached hydrogens (tertiary/aromatic N) is 2. The molecule has 8 heteroatoms. The largest absolute Gasteiger partial charge is 0.487 e. The lowest BCUT2D eigenvalue weighted by atomic mass is 10.2. The van der Waals surface area contributed by atoms with E-state index in [-0.39, 0.29) is 0 Å². The van der Waals surface area contributed by atoms with E-state index in [4.69, 9.17) is 21.1 Å². The third kappa shape index (κ3) is 5.09. The quantitative estimate of drug-likeness (QED) is 0.337. The molecule has 0 aliphatic carbocycles. The highest BCUT2D eigenvalue weighted by Gasteiger charge is 2.15. The van der Waals surface area contributed by atoms with E-state index in [1.807, 2.05) is 36.4 Å². The van der Waals surface area contributed by atoms with Gasteiger partial charge in [-0.2, -0.15) is 5.10 Å². The summed E-state index contributed by atoms with van der Waals surface area (Å²) in [7, 11) is 1.34. The number of aromatic nitrogens is 1. The zero-order valence-corrected chi connectivity index (χ0v) is 16.9. The van der Waals surface area contributed by atoms with Crippen LogP contribution in [-0.2, 0) is 11.3 Å². The third-order valence-corrected chi connectivity index (χ3v) is 5.07. The molecule has 0 fully saturated rings. The lowest BCUT2D eigenvalue weighted by Crippen LogP contribution is -1.99. The number of methoxy groups -OCH3 is 1. The fraction of sp³-hybridized carbons (Fsp3) is 0.150. The number of hydrogen-bond acceptors (Lipinski definition) is 7.